The van der Waals surface area contributed by atoms with Crippen molar-refractivity contribution in [2.45, 2.75) is 31.7 Å². The van der Waals surface area contributed by atoms with E-state index in [1.807, 2.05) is 68.4 Å². The summed E-state index contributed by atoms with van der Waals surface area (Å²) in [4.78, 5) is 43.6. The van der Waals surface area contributed by atoms with Gasteiger partial charge in [-0.2, -0.15) is 0 Å². The summed E-state index contributed by atoms with van der Waals surface area (Å²) in [6, 6.07) is 17.4. The Morgan fingerprint density at radius 3 is 2.58 bits per heavy atom. The average Bonchev–Trinajstić information content (AvgIpc) is 3.13. The summed E-state index contributed by atoms with van der Waals surface area (Å²) in [5.74, 6) is -0.0766. The molecule has 3 aromatic rings. The number of pyridine rings is 1. The molecular formula is C28H28ClN5O2. The van der Waals surface area contributed by atoms with E-state index in [2.05, 4.69) is 15.0 Å². The Balaban J connectivity index is 1.28. The molecule has 2 aliphatic rings. The summed E-state index contributed by atoms with van der Waals surface area (Å²) >= 11 is 6.15. The Hall–Kier alpha value is -3.58. The number of nitrogens with zero attached hydrogens (tertiary/aromatic N) is 5. The zero-order valence-electron chi connectivity index (χ0n) is 20.4. The van der Waals surface area contributed by atoms with Gasteiger partial charge in [0.2, 0.25) is 5.84 Å². The van der Waals surface area contributed by atoms with E-state index in [0.717, 1.165) is 22.8 Å². The Bertz CT molecular complexity index is 1380. The highest BCUT2D eigenvalue weighted by molar-refractivity contribution is 6.39. The van der Waals surface area contributed by atoms with Crippen LogP contribution in [0.1, 0.15) is 42.2 Å². The highest BCUT2D eigenvalue weighted by Gasteiger charge is 2.40. The second-order valence-electron chi connectivity index (χ2n) is 9.85. The summed E-state index contributed by atoms with van der Waals surface area (Å²) in [7, 11) is 0. The Kier molecular flexibility index (Phi) is 6.58. The largest absolute Gasteiger partial charge is 0.333 e. The first-order chi connectivity index (χ1) is 17.3. The molecule has 1 aromatic heterocycles. The first-order valence-electron chi connectivity index (χ1n) is 12.1. The number of hydrogen-bond donors (Lipinski definition) is 0. The van der Waals surface area contributed by atoms with E-state index < -0.39 is 5.54 Å². The van der Waals surface area contributed by atoms with Crippen LogP contribution in [0, 0.1) is 0 Å². The van der Waals surface area contributed by atoms with Crippen LogP contribution in [0.25, 0.3) is 10.8 Å². The lowest BCUT2D eigenvalue weighted by atomic mass is 9.97. The van der Waals surface area contributed by atoms with E-state index in [9.17, 15) is 9.59 Å². The molecule has 0 spiro atoms. The number of carbonyl (C=O) groups is 2. The van der Waals surface area contributed by atoms with E-state index >= 15 is 0 Å². The summed E-state index contributed by atoms with van der Waals surface area (Å²) in [6.45, 7) is 5.66. The molecule has 1 atom stereocenters. The number of hydrogen-bond acceptors (Lipinski definition) is 5. The van der Waals surface area contributed by atoms with Gasteiger partial charge in [-0.15, -0.1) is 0 Å². The second-order valence-corrected chi connectivity index (χ2v) is 10.3. The summed E-state index contributed by atoms with van der Waals surface area (Å²) < 4.78 is 0. The van der Waals surface area contributed by atoms with E-state index in [0.29, 0.717) is 36.9 Å². The second kappa shape index (κ2) is 9.82. The van der Waals surface area contributed by atoms with E-state index in [-0.39, 0.29) is 23.6 Å². The van der Waals surface area contributed by atoms with Crippen molar-refractivity contribution in [2.75, 3.05) is 26.2 Å². The van der Waals surface area contributed by atoms with Crippen molar-refractivity contribution in [3.05, 3.63) is 77.1 Å². The van der Waals surface area contributed by atoms with Crippen LogP contribution in [0.5, 0.6) is 0 Å². The van der Waals surface area contributed by atoms with Gasteiger partial charge in [-0.25, -0.2) is 4.99 Å². The number of carbonyl (C=O) groups excluding carboxylic acids is 2. The van der Waals surface area contributed by atoms with Gasteiger partial charge in [-0.1, -0.05) is 48.0 Å². The van der Waals surface area contributed by atoms with Crippen molar-refractivity contribution in [3.8, 4) is 0 Å². The molecule has 2 aromatic carbocycles. The van der Waals surface area contributed by atoms with Crippen LogP contribution in [-0.4, -0.2) is 70.4 Å². The monoisotopic (exact) mass is 501 g/mol. The molecule has 8 heteroatoms. The van der Waals surface area contributed by atoms with Gasteiger partial charge in [0.1, 0.15) is 5.69 Å². The minimum Gasteiger partial charge on any atom is -0.333 e. The van der Waals surface area contributed by atoms with Gasteiger partial charge >= 0.3 is 0 Å². The number of piperazine rings is 1. The third-order valence-electron chi connectivity index (χ3n) is 6.83. The maximum Gasteiger partial charge on any atom is 0.291 e. The van der Waals surface area contributed by atoms with Crippen molar-refractivity contribution in [1.82, 2.24) is 14.8 Å². The number of halogens is 1. The predicted molar refractivity (Wildman–Crippen MR) is 143 cm³/mol. The number of benzene rings is 2. The van der Waals surface area contributed by atoms with E-state index in [1.165, 1.54) is 0 Å². The SMILES string of the molecule is CC1(C)CN(C(=O)c2cc3ccccc3cn2)CCN1C(=O)C1=NCCC(c2cccc(Cl)c2)C=N1. The highest BCUT2D eigenvalue weighted by atomic mass is 35.5. The fraction of sp³-hybridized carbons (Fsp3) is 0.321. The van der Waals surface area contributed by atoms with E-state index in [1.54, 1.807) is 22.2 Å². The smallest absolute Gasteiger partial charge is 0.291 e. The number of amides is 2. The summed E-state index contributed by atoms with van der Waals surface area (Å²) in [6.07, 6.45) is 4.28. The highest BCUT2D eigenvalue weighted by Crippen LogP contribution is 2.26. The van der Waals surface area contributed by atoms with Crippen LogP contribution in [-0.2, 0) is 4.79 Å². The number of rotatable bonds is 3. The maximum absolute atomic E-state index is 13.5. The Morgan fingerprint density at radius 2 is 1.81 bits per heavy atom. The van der Waals surface area contributed by atoms with Gasteiger partial charge in [0.25, 0.3) is 11.8 Å². The number of amidine groups is 1. The topological polar surface area (TPSA) is 78.2 Å². The van der Waals surface area contributed by atoms with Crippen molar-refractivity contribution in [3.63, 3.8) is 0 Å². The van der Waals surface area contributed by atoms with Crippen LogP contribution in [0.3, 0.4) is 0 Å². The molecule has 2 aliphatic heterocycles. The third-order valence-corrected chi connectivity index (χ3v) is 7.07. The van der Waals surface area contributed by atoms with Crippen LogP contribution in [0.4, 0.5) is 0 Å². The lowest BCUT2D eigenvalue weighted by molar-refractivity contribution is -0.132. The quantitative estimate of drug-likeness (QED) is 0.526. The van der Waals surface area contributed by atoms with Gasteiger partial charge < -0.3 is 9.80 Å². The molecule has 3 heterocycles. The molecule has 0 saturated carbocycles. The van der Waals surface area contributed by atoms with Gasteiger partial charge in [0.05, 0.1) is 5.54 Å². The van der Waals surface area contributed by atoms with Gasteiger partial charge in [-0.3, -0.25) is 19.6 Å². The molecule has 36 heavy (non-hydrogen) atoms. The molecule has 0 N–H and O–H groups in total. The Morgan fingerprint density at radius 1 is 1.00 bits per heavy atom. The standard InChI is InChI=1S/C28H28ClN5O2/c1-28(2)18-33(26(35)24-15-20-6-3-4-7-21(20)16-31-24)12-13-34(28)27(36)25-30-11-10-22(17-32-25)19-8-5-9-23(29)14-19/h3-9,14-17,22H,10-13,18H2,1-2H3. The lowest BCUT2D eigenvalue weighted by Crippen LogP contribution is -2.63. The van der Waals surface area contributed by atoms with Crippen molar-refractivity contribution < 1.29 is 9.59 Å². The molecular weight excluding hydrogens is 474 g/mol. The molecule has 5 rings (SSSR count). The van der Waals surface area contributed by atoms with Crippen LogP contribution in [0.2, 0.25) is 5.02 Å². The number of aliphatic imine (C=N–C) groups is 2. The molecule has 7 nitrogen and oxygen atoms in total. The minimum absolute atomic E-state index is 0.0506. The summed E-state index contributed by atoms with van der Waals surface area (Å²) in [5, 5.41) is 2.65. The molecule has 1 fully saturated rings. The van der Waals surface area contributed by atoms with Crippen molar-refractivity contribution >= 4 is 46.2 Å². The first kappa shape index (κ1) is 24.1. The fourth-order valence-electron chi connectivity index (χ4n) is 4.89. The third kappa shape index (κ3) is 4.88. The van der Waals surface area contributed by atoms with Gasteiger partial charge in [0, 0.05) is 54.9 Å². The Labute approximate surface area is 215 Å². The molecule has 0 aliphatic carbocycles. The molecule has 1 unspecified atom stereocenters. The van der Waals surface area contributed by atoms with Crippen molar-refractivity contribution in [2.24, 2.45) is 9.98 Å². The molecule has 184 valence electrons. The van der Waals surface area contributed by atoms with Gasteiger partial charge in [0.15, 0.2) is 0 Å². The van der Waals surface area contributed by atoms with Crippen molar-refractivity contribution in [1.29, 1.82) is 0 Å². The average molecular weight is 502 g/mol. The lowest BCUT2D eigenvalue weighted by Gasteiger charge is -2.46. The van der Waals surface area contributed by atoms with Crippen LogP contribution >= 0.6 is 11.6 Å². The molecule has 0 bridgehead atoms. The number of aromatic nitrogens is 1. The zero-order valence-corrected chi connectivity index (χ0v) is 21.2. The molecule has 2 amide bonds. The van der Waals surface area contributed by atoms with E-state index in [4.69, 9.17) is 11.6 Å². The minimum atomic E-state index is -0.585. The first-order valence-corrected chi connectivity index (χ1v) is 12.5. The van der Waals surface area contributed by atoms with Crippen LogP contribution < -0.4 is 0 Å². The van der Waals surface area contributed by atoms with Crippen LogP contribution in [0.15, 0.2) is 70.8 Å². The zero-order chi connectivity index (χ0) is 25.3. The molecule has 1 saturated heterocycles. The maximum atomic E-state index is 13.5. The normalized spacial score (nSPS) is 19.6. The fourth-order valence-corrected chi connectivity index (χ4v) is 5.08. The molecule has 0 radical (unpaired) electrons. The van der Waals surface area contributed by atoms with Gasteiger partial charge in [-0.05, 0) is 49.4 Å². The summed E-state index contributed by atoms with van der Waals surface area (Å²) in [5.41, 5.74) is 0.887. The number of fused-ring (bicyclic) bond motifs is 1. The predicted octanol–water partition coefficient (Wildman–Crippen LogP) is 4.61.